The van der Waals surface area contributed by atoms with Crippen LogP contribution in [0.15, 0.2) is 17.1 Å². The fraction of sp³-hybridized carbons (Fsp3) is 0.300. The summed E-state index contributed by atoms with van der Waals surface area (Å²) in [6.07, 6.45) is 0. The van der Waals surface area contributed by atoms with Crippen molar-refractivity contribution in [2.45, 2.75) is 6.92 Å². The summed E-state index contributed by atoms with van der Waals surface area (Å²) in [6, 6.07) is 3.55. The highest BCUT2D eigenvalue weighted by atomic mass is 16.5. The summed E-state index contributed by atoms with van der Waals surface area (Å²) in [6.45, 7) is 1.92. The Labute approximate surface area is 88.7 Å². The first kappa shape index (κ1) is 11.2. The molecule has 4 N–H and O–H groups in total. The van der Waals surface area contributed by atoms with Crippen LogP contribution in [0.5, 0.6) is 11.5 Å². The van der Waals surface area contributed by atoms with Gasteiger partial charge in [-0.2, -0.15) is 0 Å². The number of methoxy groups -OCH3 is 2. The Kier molecular flexibility index (Phi) is 3.38. The molecule has 0 fully saturated rings. The number of guanidine groups is 1. The van der Waals surface area contributed by atoms with E-state index < -0.39 is 0 Å². The molecule has 0 unspecified atom stereocenters. The molecule has 0 heterocycles. The van der Waals surface area contributed by atoms with Crippen LogP contribution in [0.1, 0.15) is 5.56 Å². The summed E-state index contributed by atoms with van der Waals surface area (Å²) in [5.74, 6) is 1.32. The van der Waals surface area contributed by atoms with Gasteiger partial charge < -0.3 is 20.9 Å². The summed E-state index contributed by atoms with van der Waals surface area (Å²) in [5, 5.41) is 0. The van der Waals surface area contributed by atoms with Gasteiger partial charge in [-0.15, -0.1) is 0 Å². The lowest BCUT2D eigenvalue weighted by Crippen LogP contribution is -2.21. The fourth-order valence-electron chi connectivity index (χ4n) is 1.26. The van der Waals surface area contributed by atoms with E-state index in [0.717, 1.165) is 11.3 Å². The van der Waals surface area contributed by atoms with Crippen molar-refractivity contribution in [1.29, 1.82) is 0 Å². The molecular formula is C10H15N3O2. The first-order valence-electron chi connectivity index (χ1n) is 4.40. The molecule has 5 heteroatoms. The molecule has 0 atom stereocenters. The molecule has 82 valence electrons. The van der Waals surface area contributed by atoms with E-state index in [1.165, 1.54) is 0 Å². The van der Waals surface area contributed by atoms with Crippen molar-refractivity contribution in [2.24, 2.45) is 16.5 Å². The molecule has 0 spiro atoms. The van der Waals surface area contributed by atoms with Crippen LogP contribution in [0.2, 0.25) is 0 Å². The van der Waals surface area contributed by atoms with Crippen LogP contribution in [0.3, 0.4) is 0 Å². The van der Waals surface area contributed by atoms with Crippen molar-refractivity contribution in [3.8, 4) is 11.5 Å². The van der Waals surface area contributed by atoms with Gasteiger partial charge in [-0.1, -0.05) is 0 Å². The molecule has 0 saturated carbocycles. The summed E-state index contributed by atoms with van der Waals surface area (Å²) < 4.78 is 10.3. The molecule has 0 aliphatic heterocycles. The number of rotatable bonds is 3. The van der Waals surface area contributed by atoms with Crippen LogP contribution < -0.4 is 20.9 Å². The van der Waals surface area contributed by atoms with E-state index in [2.05, 4.69) is 4.99 Å². The van der Waals surface area contributed by atoms with E-state index in [1.54, 1.807) is 20.3 Å². The van der Waals surface area contributed by atoms with Crippen molar-refractivity contribution < 1.29 is 9.47 Å². The summed E-state index contributed by atoms with van der Waals surface area (Å²) >= 11 is 0. The Balaban J connectivity index is 3.29. The minimum absolute atomic E-state index is 0.0146. The molecule has 1 aromatic rings. The van der Waals surface area contributed by atoms with Crippen LogP contribution in [0, 0.1) is 6.92 Å². The molecule has 5 nitrogen and oxygen atoms in total. The van der Waals surface area contributed by atoms with E-state index in [9.17, 15) is 0 Å². The Morgan fingerprint density at radius 2 is 1.73 bits per heavy atom. The summed E-state index contributed by atoms with van der Waals surface area (Å²) in [7, 11) is 3.15. The Morgan fingerprint density at radius 3 is 2.20 bits per heavy atom. The second-order valence-electron chi connectivity index (χ2n) is 3.03. The minimum atomic E-state index is -0.0146. The van der Waals surface area contributed by atoms with Crippen molar-refractivity contribution in [2.75, 3.05) is 14.2 Å². The zero-order valence-corrected chi connectivity index (χ0v) is 9.07. The maximum atomic E-state index is 5.31. The van der Waals surface area contributed by atoms with Gasteiger partial charge >= 0.3 is 0 Å². The third-order valence-corrected chi connectivity index (χ3v) is 1.95. The van der Waals surface area contributed by atoms with Gasteiger partial charge in [-0.25, -0.2) is 4.99 Å². The zero-order valence-electron chi connectivity index (χ0n) is 9.07. The molecule has 0 amide bonds. The Bertz CT molecular complexity index is 384. The third kappa shape index (κ3) is 2.52. The van der Waals surface area contributed by atoms with Gasteiger partial charge in [0.05, 0.1) is 14.2 Å². The number of aryl methyl sites for hydroxylation is 1. The molecule has 15 heavy (non-hydrogen) atoms. The van der Waals surface area contributed by atoms with Crippen LogP contribution in [-0.4, -0.2) is 20.2 Å². The zero-order chi connectivity index (χ0) is 11.4. The highest BCUT2D eigenvalue weighted by molar-refractivity contribution is 5.80. The lowest BCUT2D eigenvalue weighted by atomic mass is 10.2. The molecular weight excluding hydrogens is 194 g/mol. The topological polar surface area (TPSA) is 82.9 Å². The Hall–Kier alpha value is -1.91. The van der Waals surface area contributed by atoms with Crippen molar-refractivity contribution in [3.05, 3.63) is 17.7 Å². The summed E-state index contributed by atoms with van der Waals surface area (Å²) in [5.41, 5.74) is 12.1. The average molecular weight is 209 g/mol. The molecule has 1 rings (SSSR count). The predicted molar refractivity (Wildman–Crippen MR) is 59.8 cm³/mol. The maximum Gasteiger partial charge on any atom is 0.191 e. The van der Waals surface area contributed by atoms with Crippen LogP contribution >= 0.6 is 0 Å². The van der Waals surface area contributed by atoms with E-state index in [-0.39, 0.29) is 5.96 Å². The van der Waals surface area contributed by atoms with E-state index in [1.807, 2.05) is 13.0 Å². The molecule has 1 aromatic carbocycles. The lowest BCUT2D eigenvalue weighted by molar-refractivity contribution is 0.401. The number of ether oxygens (including phenoxy) is 2. The van der Waals surface area contributed by atoms with Crippen LogP contribution in [0.25, 0.3) is 0 Å². The second kappa shape index (κ2) is 4.54. The fourth-order valence-corrected chi connectivity index (χ4v) is 1.26. The van der Waals surface area contributed by atoms with Crippen molar-refractivity contribution >= 4 is 11.6 Å². The second-order valence-corrected chi connectivity index (χ2v) is 3.03. The standard InChI is InChI=1S/C10H15N3O2/c1-6-4-9(15-3)7(13-10(11)12)5-8(6)14-2/h4-5H,1-3H3,(H4,11,12,13). The van der Waals surface area contributed by atoms with E-state index >= 15 is 0 Å². The van der Waals surface area contributed by atoms with Gasteiger partial charge in [0, 0.05) is 6.07 Å². The Morgan fingerprint density at radius 1 is 1.13 bits per heavy atom. The van der Waals surface area contributed by atoms with Gasteiger partial charge in [0.1, 0.15) is 17.2 Å². The average Bonchev–Trinajstić information content (AvgIpc) is 2.19. The first-order valence-corrected chi connectivity index (χ1v) is 4.40. The van der Waals surface area contributed by atoms with Gasteiger partial charge in [0.15, 0.2) is 5.96 Å². The van der Waals surface area contributed by atoms with Gasteiger partial charge in [-0.3, -0.25) is 0 Å². The SMILES string of the molecule is COc1cc(N=C(N)N)c(OC)cc1C. The number of benzene rings is 1. The number of aliphatic imine (C=N–C) groups is 1. The van der Waals surface area contributed by atoms with E-state index in [4.69, 9.17) is 20.9 Å². The molecule has 0 saturated heterocycles. The highest BCUT2D eigenvalue weighted by Crippen LogP contribution is 2.34. The number of hydrogen-bond acceptors (Lipinski definition) is 3. The first-order chi connectivity index (χ1) is 7.08. The molecule has 0 radical (unpaired) electrons. The largest absolute Gasteiger partial charge is 0.496 e. The number of nitrogens with zero attached hydrogens (tertiary/aromatic N) is 1. The summed E-state index contributed by atoms with van der Waals surface area (Å²) in [4.78, 5) is 3.95. The normalized spacial score (nSPS) is 9.53. The van der Waals surface area contributed by atoms with E-state index in [0.29, 0.717) is 11.4 Å². The maximum absolute atomic E-state index is 5.31. The minimum Gasteiger partial charge on any atom is -0.496 e. The van der Waals surface area contributed by atoms with Crippen LogP contribution in [0.4, 0.5) is 5.69 Å². The number of nitrogens with two attached hydrogens (primary N) is 2. The quantitative estimate of drug-likeness (QED) is 0.572. The molecule has 0 aromatic heterocycles. The van der Waals surface area contributed by atoms with Gasteiger partial charge in [-0.05, 0) is 18.6 Å². The van der Waals surface area contributed by atoms with Crippen LogP contribution in [-0.2, 0) is 0 Å². The molecule has 0 aliphatic rings. The number of hydrogen-bond donors (Lipinski definition) is 2. The third-order valence-electron chi connectivity index (χ3n) is 1.95. The van der Waals surface area contributed by atoms with Crippen molar-refractivity contribution in [3.63, 3.8) is 0 Å². The lowest BCUT2D eigenvalue weighted by Gasteiger charge is -2.10. The highest BCUT2D eigenvalue weighted by Gasteiger charge is 2.07. The van der Waals surface area contributed by atoms with Crippen molar-refractivity contribution in [1.82, 2.24) is 0 Å². The predicted octanol–water partition coefficient (Wildman–Crippen LogP) is 0.917. The molecule has 0 aliphatic carbocycles. The van der Waals surface area contributed by atoms with Gasteiger partial charge in [0.25, 0.3) is 0 Å². The smallest absolute Gasteiger partial charge is 0.191 e. The molecule has 0 bridgehead atoms. The monoisotopic (exact) mass is 209 g/mol. The van der Waals surface area contributed by atoms with Gasteiger partial charge in [0.2, 0.25) is 0 Å².